The largest absolute Gasteiger partial charge is 0.338 e. The molecule has 8 nitrogen and oxygen atoms in total. The Morgan fingerprint density at radius 3 is 2.24 bits per heavy atom. The first-order valence-electron chi connectivity index (χ1n) is 10.2. The molecule has 2 amide bonds. The Hall–Kier alpha value is -3.03. The standard InChI is InChI=1S/C21H26N6O2/c1-16-4-2-7-27(15-16)20(29)18-12-17(13-22-14-18)19(28)25-8-10-26(11-9-25)21-23-5-3-6-24-21/h3,5-6,12-14,16H,2,4,7-11,15H2,1H3. The third-order valence-electron chi connectivity index (χ3n) is 5.58. The summed E-state index contributed by atoms with van der Waals surface area (Å²) in [6, 6.07) is 3.47. The van der Waals surface area contributed by atoms with Gasteiger partial charge in [0.1, 0.15) is 0 Å². The first kappa shape index (κ1) is 19.3. The van der Waals surface area contributed by atoms with E-state index in [4.69, 9.17) is 0 Å². The van der Waals surface area contributed by atoms with E-state index in [2.05, 4.69) is 26.8 Å². The molecule has 1 unspecified atom stereocenters. The molecule has 2 aromatic heterocycles. The molecule has 2 aliphatic rings. The normalized spacial score (nSPS) is 19.9. The number of hydrogen-bond acceptors (Lipinski definition) is 6. The summed E-state index contributed by atoms with van der Waals surface area (Å²) in [6.07, 6.45) is 8.72. The molecule has 1 atom stereocenters. The summed E-state index contributed by atoms with van der Waals surface area (Å²) >= 11 is 0. The van der Waals surface area contributed by atoms with E-state index in [1.54, 1.807) is 41.8 Å². The molecule has 0 radical (unpaired) electrons. The van der Waals surface area contributed by atoms with Crippen molar-refractivity contribution in [2.75, 3.05) is 44.2 Å². The third kappa shape index (κ3) is 4.36. The molecule has 2 aromatic rings. The molecule has 4 heterocycles. The quantitative estimate of drug-likeness (QED) is 0.788. The van der Waals surface area contributed by atoms with Gasteiger partial charge in [-0.1, -0.05) is 6.92 Å². The van der Waals surface area contributed by atoms with Crippen LogP contribution in [0.3, 0.4) is 0 Å². The number of nitrogens with zero attached hydrogens (tertiary/aromatic N) is 6. The highest BCUT2D eigenvalue weighted by atomic mass is 16.2. The third-order valence-corrected chi connectivity index (χ3v) is 5.58. The van der Waals surface area contributed by atoms with Crippen molar-refractivity contribution >= 4 is 17.8 Å². The van der Waals surface area contributed by atoms with Crippen LogP contribution >= 0.6 is 0 Å². The second-order valence-electron chi connectivity index (χ2n) is 7.79. The van der Waals surface area contributed by atoms with E-state index in [9.17, 15) is 9.59 Å². The summed E-state index contributed by atoms with van der Waals surface area (Å²) in [7, 11) is 0. The van der Waals surface area contributed by atoms with Gasteiger partial charge in [0.05, 0.1) is 11.1 Å². The topological polar surface area (TPSA) is 82.5 Å². The van der Waals surface area contributed by atoms with E-state index in [1.807, 2.05) is 4.90 Å². The van der Waals surface area contributed by atoms with Crippen LogP contribution in [0.2, 0.25) is 0 Å². The molecule has 2 aliphatic heterocycles. The fourth-order valence-corrected chi connectivity index (χ4v) is 3.98. The van der Waals surface area contributed by atoms with Crippen LogP contribution in [-0.2, 0) is 0 Å². The maximum Gasteiger partial charge on any atom is 0.255 e. The summed E-state index contributed by atoms with van der Waals surface area (Å²) < 4.78 is 0. The maximum absolute atomic E-state index is 13.0. The van der Waals surface area contributed by atoms with Crippen LogP contribution < -0.4 is 4.90 Å². The van der Waals surface area contributed by atoms with Crippen LogP contribution in [0.15, 0.2) is 36.9 Å². The van der Waals surface area contributed by atoms with E-state index in [0.717, 1.165) is 25.9 Å². The Morgan fingerprint density at radius 2 is 1.59 bits per heavy atom. The number of piperazine rings is 1. The van der Waals surface area contributed by atoms with Gasteiger partial charge in [0.2, 0.25) is 5.95 Å². The molecule has 2 saturated heterocycles. The Balaban J connectivity index is 1.41. The summed E-state index contributed by atoms with van der Waals surface area (Å²) in [5.74, 6) is 1.07. The second-order valence-corrected chi connectivity index (χ2v) is 7.79. The smallest absolute Gasteiger partial charge is 0.255 e. The van der Waals surface area contributed by atoms with Crippen molar-refractivity contribution < 1.29 is 9.59 Å². The molecular weight excluding hydrogens is 368 g/mol. The predicted molar refractivity (Wildman–Crippen MR) is 109 cm³/mol. The molecule has 0 aliphatic carbocycles. The minimum atomic E-state index is -0.0900. The van der Waals surface area contributed by atoms with Gasteiger partial charge in [0.25, 0.3) is 11.8 Å². The molecule has 29 heavy (non-hydrogen) atoms. The van der Waals surface area contributed by atoms with Crippen LogP contribution in [0.1, 0.15) is 40.5 Å². The molecule has 152 valence electrons. The average molecular weight is 394 g/mol. The van der Waals surface area contributed by atoms with E-state index < -0.39 is 0 Å². The van der Waals surface area contributed by atoms with Gasteiger partial charge < -0.3 is 14.7 Å². The minimum absolute atomic E-state index is 0.0373. The summed E-state index contributed by atoms with van der Waals surface area (Å²) in [4.78, 5) is 44.2. The lowest BCUT2D eigenvalue weighted by Gasteiger charge is -2.34. The SMILES string of the molecule is CC1CCCN(C(=O)c2cncc(C(=O)N3CCN(c4ncccn4)CC3)c2)C1. The fourth-order valence-electron chi connectivity index (χ4n) is 3.98. The van der Waals surface area contributed by atoms with E-state index in [1.165, 1.54) is 0 Å². The summed E-state index contributed by atoms with van der Waals surface area (Å²) in [6.45, 7) is 6.21. The number of anilines is 1. The van der Waals surface area contributed by atoms with Gasteiger partial charge in [-0.3, -0.25) is 14.6 Å². The molecule has 2 fully saturated rings. The van der Waals surface area contributed by atoms with Gasteiger partial charge >= 0.3 is 0 Å². The first-order chi connectivity index (χ1) is 14.1. The lowest BCUT2D eigenvalue weighted by atomic mass is 9.99. The van der Waals surface area contributed by atoms with E-state index in [0.29, 0.717) is 49.2 Å². The number of likely N-dealkylation sites (tertiary alicyclic amines) is 1. The summed E-state index contributed by atoms with van der Waals surface area (Å²) in [5, 5.41) is 0. The lowest BCUT2D eigenvalue weighted by molar-refractivity contribution is 0.0682. The van der Waals surface area contributed by atoms with Gasteiger partial charge in [-0.15, -0.1) is 0 Å². The fraction of sp³-hybridized carbons (Fsp3) is 0.476. The zero-order valence-corrected chi connectivity index (χ0v) is 16.7. The van der Waals surface area contributed by atoms with Crippen molar-refractivity contribution in [2.45, 2.75) is 19.8 Å². The Bertz CT molecular complexity index is 866. The molecule has 0 N–H and O–H groups in total. The van der Waals surface area contributed by atoms with Crippen LogP contribution in [0.5, 0.6) is 0 Å². The zero-order chi connectivity index (χ0) is 20.2. The number of carbonyl (C=O) groups excluding carboxylic acids is 2. The van der Waals surface area contributed by atoms with Crippen molar-refractivity contribution in [3.05, 3.63) is 48.0 Å². The first-order valence-corrected chi connectivity index (χ1v) is 10.2. The number of pyridine rings is 1. The number of aromatic nitrogens is 3. The monoisotopic (exact) mass is 394 g/mol. The highest BCUT2D eigenvalue weighted by molar-refractivity contribution is 5.99. The van der Waals surface area contributed by atoms with Crippen molar-refractivity contribution in [1.29, 1.82) is 0 Å². The summed E-state index contributed by atoms with van der Waals surface area (Å²) in [5.41, 5.74) is 0.951. The number of piperidine rings is 1. The Morgan fingerprint density at radius 1 is 0.931 bits per heavy atom. The Kier molecular flexibility index (Phi) is 5.69. The maximum atomic E-state index is 13.0. The van der Waals surface area contributed by atoms with Crippen LogP contribution in [-0.4, -0.2) is 75.8 Å². The van der Waals surface area contributed by atoms with Crippen LogP contribution in [0.4, 0.5) is 5.95 Å². The van der Waals surface area contributed by atoms with Crippen molar-refractivity contribution in [2.24, 2.45) is 5.92 Å². The Labute approximate surface area is 170 Å². The van der Waals surface area contributed by atoms with Gasteiger partial charge in [-0.2, -0.15) is 0 Å². The molecule has 0 saturated carbocycles. The number of carbonyl (C=O) groups is 2. The number of amides is 2. The van der Waals surface area contributed by atoms with E-state index in [-0.39, 0.29) is 11.8 Å². The highest BCUT2D eigenvalue weighted by Crippen LogP contribution is 2.19. The second kappa shape index (κ2) is 8.55. The van der Waals surface area contributed by atoms with Gasteiger partial charge in [-0.25, -0.2) is 9.97 Å². The van der Waals surface area contributed by atoms with Crippen LogP contribution in [0.25, 0.3) is 0 Å². The zero-order valence-electron chi connectivity index (χ0n) is 16.7. The van der Waals surface area contributed by atoms with E-state index >= 15 is 0 Å². The van der Waals surface area contributed by atoms with Crippen molar-refractivity contribution in [3.63, 3.8) is 0 Å². The minimum Gasteiger partial charge on any atom is -0.338 e. The molecule has 0 aromatic carbocycles. The molecule has 8 heteroatoms. The molecule has 0 spiro atoms. The molecule has 4 rings (SSSR count). The highest BCUT2D eigenvalue weighted by Gasteiger charge is 2.26. The average Bonchev–Trinajstić information content (AvgIpc) is 2.79. The van der Waals surface area contributed by atoms with Gasteiger partial charge in [0.15, 0.2) is 0 Å². The lowest BCUT2D eigenvalue weighted by Crippen LogP contribution is -2.49. The molecular formula is C21H26N6O2. The van der Waals surface area contributed by atoms with Crippen molar-refractivity contribution in [3.8, 4) is 0 Å². The number of hydrogen-bond donors (Lipinski definition) is 0. The van der Waals surface area contributed by atoms with Crippen LogP contribution in [0, 0.1) is 5.92 Å². The van der Waals surface area contributed by atoms with Gasteiger partial charge in [0, 0.05) is 64.1 Å². The predicted octanol–water partition coefficient (Wildman–Crippen LogP) is 1.71. The van der Waals surface area contributed by atoms with Gasteiger partial charge in [-0.05, 0) is 30.9 Å². The van der Waals surface area contributed by atoms with Crippen molar-refractivity contribution in [1.82, 2.24) is 24.8 Å². The number of rotatable bonds is 3. The molecule has 0 bridgehead atoms.